The van der Waals surface area contributed by atoms with E-state index in [9.17, 15) is 9.59 Å². The molecule has 0 radical (unpaired) electrons. The van der Waals surface area contributed by atoms with Gasteiger partial charge in [-0.05, 0) is 35.9 Å². The van der Waals surface area contributed by atoms with Crippen molar-refractivity contribution in [2.24, 2.45) is 0 Å². The van der Waals surface area contributed by atoms with Gasteiger partial charge in [0.05, 0.1) is 12.0 Å². The smallest absolute Gasteiger partial charge is 0.255 e. The quantitative estimate of drug-likeness (QED) is 0.753. The molecule has 128 valence electrons. The molecule has 1 aliphatic heterocycles. The van der Waals surface area contributed by atoms with Gasteiger partial charge in [0.2, 0.25) is 0 Å². The molecule has 1 atom stereocenters. The highest BCUT2D eigenvalue weighted by molar-refractivity contribution is 6.06. The third-order valence-electron chi connectivity index (χ3n) is 4.39. The zero-order valence-electron chi connectivity index (χ0n) is 14.0. The van der Waals surface area contributed by atoms with Crippen molar-refractivity contribution in [3.63, 3.8) is 0 Å². The first kappa shape index (κ1) is 16.1. The van der Waals surface area contributed by atoms with Gasteiger partial charge in [-0.15, -0.1) is 0 Å². The van der Waals surface area contributed by atoms with E-state index in [0.29, 0.717) is 22.6 Å². The Hall–Kier alpha value is -3.40. The van der Waals surface area contributed by atoms with Gasteiger partial charge in [-0.1, -0.05) is 48.5 Å². The van der Waals surface area contributed by atoms with E-state index in [-0.39, 0.29) is 24.2 Å². The van der Waals surface area contributed by atoms with Crippen molar-refractivity contribution in [3.05, 3.63) is 95.6 Å². The fourth-order valence-electron chi connectivity index (χ4n) is 3.05. The molecule has 4 rings (SSSR count). The average Bonchev–Trinajstić information content (AvgIpc) is 2.69. The lowest BCUT2D eigenvalue weighted by Crippen LogP contribution is -2.21. The fourth-order valence-corrected chi connectivity index (χ4v) is 3.05. The molecule has 3 aromatic rings. The van der Waals surface area contributed by atoms with Crippen molar-refractivity contribution in [2.75, 3.05) is 5.32 Å². The molecular formula is C22H17NO3. The number of carbonyl (C=O) groups excluding carboxylic acids is 2. The van der Waals surface area contributed by atoms with Crippen LogP contribution < -0.4 is 10.1 Å². The number of fused-ring (bicyclic) bond motifs is 1. The zero-order chi connectivity index (χ0) is 17.9. The molecule has 4 nitrogen and oxygen atoms in total. The first-order chi connectivity index (χ1) is 12.7. The molecule has 0 aromatic heterocycles. The fraction of sp³-hybridized carbons (Fsp3) is 0.0909. The van der Waals surface area contributed by atoms with Crippen LogP contribution in [0.1, 0.15) is 38.8 Å². The van der Waals surface area contributed by atoms with Crippen LogP contribution in [0, 0.1) is 0 Å². The Labute approximate surface area is 151 Å². The standard InChI is InChI=1S/C22H17NO3/c24-19-14-21(15-7-3-1-4-8-15)26-20-12-11-17(13-18(19)20)23-22(25)16-9-5-2-6-10-16/h1-13,21H,14H2,(H,23,25). The van der Waals surface area contributed by atoms with Crippen LogP contribution in [0.25, 0.3) is 0 Å². The van der Waals surface area contributed by atoms with Crippen LogP contribution in [-0.4, -0.2) is 11.7 Å². The number of anilines is 1. The minimum absolute atomic E-state index is 0.0101. The molecule has 1 aliphatic rings. The Balaban J connectivity index is 1.55. The Kier molecular flexibility index (Phi) is 4.23. The summed E-state index contributed by atoms with van der Waals surface area (Å²) >= 11 is 0. The zero-order valence-corrected chi connectivity index (χ0v) is 14.0. The topological polar surface area (TPSA) is 55.4 Å². The molecule has 0 fully saturated rings. The van der Waals surface area contributed by atoms with Crippen LogP contribution in [0.3, 0.4) is 0 Å². The van der Waals surface area contributed by atoms with Gasteiger partial charge in [-0.2, -0.15) is 0 Å². The summed E-state index contributed by atoms with van der Waals surface area (Å²) in [6, 6.07) is 23.8. The van der Waals surface area contributed by atoms with Crippen molar-refractivity contribution >= 4 is 17.4 Å². The van der Waals surface area contributed by atoms with E-state index in [2.05, 4.69) is 5.32 Å². The lowest BCUT2D eigenvalue weighted by atomic mass is 9.96. The van der Waals surface area contributed by atoms with Gasteiger partial charge < -0.3 is 10.1 Å². The highest BCUT2D eigenvalue weighted by atomic mass is 16.5. The highest BCUT2D eigenvalue weighted by Gasteiger charge is 2.27. The first-order valence-electron chi connectivity index (χ1n) is 8.46. The molecule has 0 spiro atoms. The number of amides is 1. The average molecular weight is 343 g/mol. The molecule has 0 aliphatic carbocycles. The molecule has 4 heteroatoms. The lowest BCUT2D eigenvalue weighted by Gasteiger charge is -2.26. The van der Waals surface area contributed by atoms with Crippen LogP contribution >= 0.6 is 0 Å². The van der Waals surface area contributed by atoms with Crippen molar-refractivity contribution in [1.82, 2.24) is 0 Å². The second kappa shape index (κ2) is 6.84. The Morgan fingerprint density at radius 2 is 1.62 bits per heavy atom. The number of hydrogen-bond donors (Lipinski definition) is 1. The summed E-state index contributed by atoms with van der Waals surface area (Å²) in [4.78, 5) is 24.9. The lowest BCUT2D eigenvalue weighted by molar-refractivity contribution is 0.0849. The monoisotopic (exact) mass is 343 g/mol. The summed E-state index contributed by atoms with van der Waals surface area (Å²) in [6.07, 6.45) is 0.00793. The second-order valence-electron chi connectivity index (χ2n) is 6.18. The largest absolute Gasteiger partial charge is 0.484 e. The number of rotatable bonds is 3. The summed E-state index contributed by atoms with van der Waals surface area (Å²) in [5.74, 6) is 0.348. The van der Waals surface area contributed by atoms with E-state index < -0.39 is 0 Å². The highest BCUT2D eigenvalue weighted by Crippen LogP contribution is 2.36. The third-order valence-corrected chi connectivity index (χ3v) is 4.39. The van der Waals surface area contributed by atoms with Crippen LogP contribution in [0.4, 0.5) is 5.69 Å². The Morgan fingerprint density at radius 3 is 2.35 bits per heavy atom. The van der Waals surface area contributed by atoms with E-state index in [1.165, 1.54) is 0 Å². The van der Waals surface area contributed by atoms with Gasteiger partial charge in [0.15, 0.2) is 5.78 Å². The number of benzene rings is 3. The number of hydrogen-bond acceptors (Lipinski definition) is 3. The van der Waals surface area contributed by atoms with Gasteiger partial charge in [0, 0.05) is 11.3 Å². The molecule has 26 heavy (non-hydrogen) atoms. The van der Waals surface area contributed by atoms with Crippen molar-refractivity contribution in [3.8, 4) is 5.75 Å². The summed E-state index contributed by atoms with van der Waals surface area (Å²) in [5, 5.41) is 2.83. The third kappa shape index (κ3) is 3.22. The van der Waals surface area contributed by atoms with E-state index in [1.807, 2.05) is 48.5 Å². The van der Waals surface area contributed by atoms with Crippen molar-refractivity contribution < 1.29 is 14.3 Å². The molecule has 0 saturated carbocycles. The maximum absolute atomic E-state index is 12.6. The predicted molar refractivity (Wildman–Crippen MR) is 99.6 cm³/mol. The molecule has 0 saturated heterocycles. The van der Waals surface area contributed by atoms with Crippen LogP contribution in [0.2, 0.25) is 0 Å². The van der Waals surface area contributed by atoms with Gasteiger partial charge >= 0.3 is 0 Å². The van der Waals surface area contributed by atoms with Gasteiger partial charge in [0.1, 0.15) is 11.9 Å². The molecule has 1 heterocycles. The van der Waals surface area contributed by atoms with Crippen LogP contribution in [0.5, 0.6) is 5.75 Å². The van der Waals surface area contributed by atoms with Crippen LogP contribution in [0.15, 0.2) is 78.9 Å². The number of Topliss-reactive ketones (excluding diaryl/α,β-unsaturated/α-hetero) is 1. The van der Waals surface area contributed by atoms with Crippen molar-refractivity contribution in [1.29, 1.82) is 0 Å². The first-order valence-corrected chi connectivity index (χ1v) is 8.46. The number of carbonyl (C=O) groups is 2. The van der Waals surface area contributed by atoms with Crippen molar-refractivity contribution in [2.45, 2.75) is 12.5 Å². The molecule has 0 bridgehead atoms. The molecule has 1 amide bonds. The van der Waals surface area contributed by atoms with E-state index in [4.69, 9.17) is 4.74 Å². The molecule has 1 unspecified atom stereocenters. The summed E-state index contributed by atoms with van der Waals surface area (Å²) in [5.41, 5.74) is 2.63. The van der Waals surface area contributed by atoms with Gasteiger partial charge in [-0.3, -0.25) is 9.59 Å². The summed E-state index contributed by atoms with van der Waals surface area (Å²) < 4.78 is 6.00. The normalized spacial score (nSPS) is 15.7. The van der Waals surface area contributed by atoms with Gasteiger partial charge in [0.25, 0.3) is 5.91 Å². The number of nitrogens with one attached hydrogen (secondary N) is 1. The molecular weight excluding hydrogens is 326 g/mol. The minimum atomic E-state index is -0.277. The Bertz CT molecular complexity index is 952. The predicted octanol–water partition coefficient (Wildman–Crippen LogP) is 4.65. The minimum Gasteiger partial charge on any atom is -0.484 e. The van der Waals surface area contributed by atoms with E-state index >= 15 is 0 Å². The van der Waals surface area contributed by atoms with Gasteiger partial charge in [-0.25, -0.2) is 0 Å². The summed E-state index contributed by atoms with van der Waals surface area (Å²) in [6.45, 7) is 0. The molecule has 3 aromatic carbocycles. The second-order valence-corrected chi connectivity index (χ2v) is 6.18. The Morgan fingerprint density at radius 1 is 0.923 bits per heavy atom. The molecule has 1 N–H and O–H groups in total. The maximum Gasteiger partial charge on any atom is 0.255 e. The summed E-state index contributed by atoms with van der Waals surface area (Å²) in [7, 11) is 0. The number of ketones is 1. The van der Waals surface area contributed by atoms with E-state index in [0.717, 1.165) is 5.56 Å². The number of ether oxygens (including phenoxy) is 1. The van der Waals surface area contributed by atoms with Crippen LogP contribution in [-0.2, 0) is 0 Å². The van der Waals surface area contributed by atoms with E-state index in [1.54, 1.807) is 30.3 Å². The SMILES string of the molecule is O=C(Nc1ccc2c(c1)C(=O)CC(c1ccccc1)O2)c1ccccc1. The maximum atomic E-state index is 12.6.